The third-order valence-electron chi connectivity index (χ3n) is 3.12. The number of rotatable bonds is 3. The summed E-state index contributed by atoms with van der Waals surface area (Å²) in [5, 5.41) is 5.78. The molecule has 0 bridgehead atoms. The van der Waals surface area contributed by atoms with Crippen LogP contribution in [-0.4, -0.2) is 18.5 Å². The molecule has 1 saturated heterocycles. The van der Waals surface area contributed by atoms with Crippen molar-refractivity contribution >= 4 is 5.91 Å². The highest BCUT2D eigenvalue weighted by atomic mass is 19.4. The van der Waals surface area contributed by atoms with Crippen molar-refractivity contribution in [3.63, 3.8) is 0 Å². The van der Waals surface area contributed by atoms with Crippen LogP contribution in [-0.2, 0) is 17.5 Å². The van der Waals surface area contributed by atoms with Crippen LogP contribution < -0.4 is 10.6 Å². The molecule has 1 aliphatic heterocycles. The van der Waals surface area contributed by atoms with E-state index < -0.39 is 11.7 Å². The average molecular weight is 272 g/mol. The monoisotopic (exact) mass is 272 g/mol. The maximum Gasteiger partial charge on any atom is 0.416 e. The number of alkyl halides is 3. The Balaban J connectivity index is 1.87. The van der Waals surface area contributed by atoms with Crippen LogP contribution in [0.3, 0.4) is 0 Å². The Morgan fingerprint density at radius 1 is 1.32 bits per heavy atom. The van der Waals surface area contributed by atoms with E-state index in [2.05, 4.69) is 10.6 Å². The second-order valence-electron chi connectivity index (χ2n) is 4.56. The van der Waals surface area contributed by atoms with Gasteiger partial charge in [-0.05, 0) is 37.1 Å². The van der Waals surface area contributed by atoms with Crippen LogP contribution in [0.1, 0.15) is 24.0 Å². The van der Waals surface area contributed by atoms with E-state index in [-0.39, 0.29) is 18.5 Å². The maximum atomic E-state index is 12.4. The fourth-order valence-electron chi connectivity index (χ4n) is 2.03. The van der Waals surface area contributed by atoms with Gasteiger partial charge in [0.05, 0.1) is 11.6 Å². The highest BCUT2D eigenvalue weighted by molar-refractivity contribution is 5.81. The second kappa shape index (κ2) is 5.61. The van der Waals surface area contributed by atoms with Crippen molar-refractivity contribution in [3.05, 3.63) is 35.4 Å². The zero-order valence-electron chi connectivity index (χ0n) is 10.3. The molecule has 2 rings (SSSR count). The van der Waals surface area contributed by atoms with E-state index in [1.165, 1.54) is 12.1 Å². The smallest absolute Gasteiger partial charge is 0.351 e. The third kappa shape index (κ3) is 3.70. The molecule has 0 spiro atoms. The van der Waals surface area contributed by atoms with Crippen LogP contribution in [0.2, 0.25) is 0 Å². The Kier molecular flexibility index (Phi) is 4.09. The fraction of sp³-hybridized carbons (Fsp3) is 0.462. The van der Waals surface area contributed by atoms with E-state index in [4.69, 9.17) is 0 Å². The van der Waals surface area contributed by atoms with Gasteiger partial charge < -0.3 is 10.6 Å². The minimum atomic E-state index is -4.32. The zero-order chi connectivity index (χ0) is 13.9. The van der Waals surface area contributed by atoms with Crippen molar-refractivity contribution < 1.29 is 18.0 Å². The molecule has 19 heavy (non-hydrogen) atoms. The molecule has 1 amide bonds. The first-order valence-corrected chi connectivity index (χ1v) is 6.14. The van der Waals surface area contributed by atoms with Gasteiger partial charge in [0.15, 0.2) is 0 Å². The van der Waals surface area contributed by atoms with Crippen molar-refractivity contribution in [1.82, 2.24) is 10.6 Å². The topological polar surface area (TPSA) is 41.1 Å². The number of hydrogen-bond acceptors (Lipinski definition) is 2. The Morgan fingerprint density at radius 3 is 2.53 bits per heavy atom. The number of carbonyl (C=O) groups excluding carboxylic acids is 1. The Hall–Kier alpha value is -1.56. The predicted octanol–water partition coefficient (Wildman–Crippen LogP) is 2.07. The minimum absolute atomic E-state index is 0.0996. The van der Waals surface area contributed by atoms with Crippen LogP contribution in [0.5, 0.6) is 0 Å². The first kappa shape index (κ1) is 13.9. The van der Waals surface area contributed by atoms with E-state index in [1.54, 1.807) is 0 Å². The standard InChI is InChI=1S/C13H15F3N2O/c14-13(15,16)10-5-3-9(4-6-10)8-18-12(19)11-2-1-7-17-11/h3-6,11,17H,1-2,7-8H2,(H,18,19). The van der Waals surface area contributed by atoms with E-state index in [0.29, 0.717) is 5.56 Å². The molecule has 1 unspecified atom stereocenters. The zero-order valence-corrected chi connectivity index (χ0v) is 10.3. The maximum absolute atomic E-state index is 12.4. The average Bonchev–Trinajstić information content (AvgIpc) is 2.89. The second-order valence-corrected chi connectivity index (χ2v) is 4.56. The lowest BCUT2D eigenvalue weighted by Gasteiger charge is -2.12. The van der Waals surface area contributed by atoms with Gasteiger partial charge in [0, 0.05) is 6.54 Å². The van der Waals surface area contributed by atoms with Crippen LogP contribution in [0.4, 0.5) is 13.2 Å². The predicted molar refractivity (Wildman–Crippen MR) is 64.3 cm³/mol. The number of nitrogens with one attached hydrogen (secondary N) is 2. The van der Waals surface area contributed by atoms with Gasteiger partial charge in [0.25, 0.3) is 0 Å². The summed E-state index contributed by atoms with van der Waals surface area (Å²) in [7, 11) is 0. The van der Waals surface area contributed by atoms with Crippen molar-refractivity contribution in [2.24, 2.45) is 0 Å². The van der Waals surface area contributed by atoms with E-state index in [9.17, 15) is 18.0 Å². The molecule has 0 aromatic heterocycles. The molecule has 3 nitrogen and oxygen atoms in total. The number of halogens is 3. The molecule has 2 N–H and O–H groups in total. The molecule has 1 aromatic carbocycles. The Labute approximate surface area is 109 Å². The normalized spacial score (nSPS) is 19.4. The summed E-state index contributed by atoms with van der Waals surface area (Å²) in [6, 6.07) is 4.63. The largest absolute Gasteiger partial charge is 0.416 e. The van der Waals surface area contributed by atoms with Gasteiger partial charge in [-0.15, -0.1) is 0 Å². The first-order valence-electron chi connectivity index (χ1n) is 6.14. The Morgan fingerprint density at radius 2 is 2.00 bits per heavy atom. The summed E-state index contributed by atoms with van der Waals surface area (Å²) in [4.78, 5) is 11.7. The van der Waals surface area contributed by atoms with Crippen LogP contribution >= 0.6 is 0 Å². The summed E-state index contributed by atoms with van der Waals surface area (Å²) in [5.74, 6) is -0.0996. The molecular formula is C13H15F3N2O. The molecule has 1 aromatic rings. The molecule has 1 heterocycles. The number of hydrogen-bond donors (Lipinski definition) is 2. The highest BCUT2D eigenvalue weighted by Gasteiger charge is 2.30. The number of carbonyl (C=O) groups is 1. The lowest BCUT2D eigenvalue weighted by Crippen LogP contribution is -2.39. The quantitative estimate of drug-likeness (QED) is 0.884. The van der Waals surface area contributed by atoms with Gasteiger partial charge in [0.2, 0.25) is 5.91 Å². The molecule has 0 saturated carbocycles. The first-order chi connectivity index (χ1) is 8.97. The SMILES string of the molecule is O=C(NCc1ccc(C(F)(F)F)cc1)C1CCCN1. The van der Waals surface area contributed by atoms with Gasteiger partial charge in [-0.3, -0.25) is 4.79 Å². The van der Waals surface area contributed by atoms with Gasteiger partial charge in [-0.25, -0.2) is 0 Å². The summed E-state index contributed by atoms with van der Waals surface area (Å²) < 4.78 is 37.1. The number of benzene rings is 1. The molecular weight excluding hydrogens is 257 g/mol. The van der Waals surface area contributed by atoms with Gasteiger partial charge in [-0.1, -0.05) is 12.1 Å². The molecule has 1 atom stereocenters. The van der Waals surface area contributed by atoms with Crippen molar-refractivity contribution in [2.45, 2.75) is 31.6 Å². The summed E-state index contributed by atoms with van der Waals surface area (Å²) in [6.45, 7) is 1.08. The highest BCUT2D eigenvalue weighted by Crippen LogP contribution is 2.29. The van der Waals surface area contributed by atoms with Crippen molar-refractivity contribution in [2.75, 3.05) is 6.54 Å². The van der Waals surface area contributed by atoms with Gasteiger partial charge >= 0.3 is 6.18 Å². The molecule has 0 radical (unpaired) electrons. The van der Waals surface area contributed by atoms with Crippen LogP contribution in [0, 0.1) is 0 Å². The van der Waals surface area contributed by atoms with Gasteiger partial charge in [0.1, 0.15) is 0 Å². The Bertz CT molecular complexity index is 436. The fourth-order valence-corrected chi connectivity index (χ4v) is 2.03. The lowest BCUT2D eigenvalue weighted by molar-refractivity contribution is -0.137. The number of amides is 1. The van der Waals surface area contributed by atoms with Crippen LogP contribution in [0.25, 0.3) is 0 Å². The summed E-state index contributed by atoms with van der Waals surface area (Å²) in [6.07, 6.45) is -2.55. The van der Waals surface area contributed by atoms with Crippen molar-refractivity contribution in [1.29, 1.82) is 0 Å². The van der Waals surface area contributed by atoms with Crippen molar-refractivity contribution in [3.8, 4) is 0 Å². The molecule has 104 valence electrons. The van der Waals surface area contributed by atoms with E-state index in [1.807, 2.05) is 0 Å². The molecule has 1 fully saturated rings. The molecule has 0 aliphatic carbocycles. The van der Waals surface area contributed by atoms with E-state index in [0.717, 1.165) is 31.5 Å². The summed E-state index contributed by atoms with van der Waals surface area (Å²) >= 11 is 0. The van der Waals surface area contributed by atoms with E-state index >= 15 is 0 Å². The van der Waals surface area contributed by atoms with Gasteiger partial charge in [-0.2, -0.15) is 13.2 Å². The summed E-state index contributed by atoms with van der Waals surface area (Å²) in [5.41, 5.74) is -0.0283. The lowest BCUT2D eigenvalue weighted by atomic mass is 10.1. The molecule has 6 heteroatoms. The molecule has 1 aliphatic rings. The third-order valence-corrected chi connectivity index (χ3v) is 3.12. The van der Waals surface area contributed by atoms with Crippen LogP contribution in [0.15, 0.2) is 24.3 Å². The minimum Gasteiger partial charge on any atom is -0.351 e.